The average Bonchev–Trinajstić information content (AvgIpc) is 2.85. The SMILES string of the molecule is C[C@@H]1CCCN(c2c(N)cc(C#N)n2Cc2ccc(Cl)cc2Cl)C1. The van der Waals surface area contributed by atoms with Crippen molar-refractivity contribution in [3.63, 3.8) is 0 Å². The van der Waals surface area contributed by atoms with Crippen molar-refractivity contribution in [2.24, 2.45) is 5.92 Å². The van der Waals surface area contributed by atoms with Crippen molar-refractivity contribution in [2.45, 2.75) is 26.3 Å². The van der Waals surface area contributed by atoms with Crippen molar-refractivity contribution < 1.29 is 0 Å². The number of halogens is 2. The van der Waals surface area contributed by atoms with Crippen LogP contribution < -0.4 is 10.6 Å². The van der Waals surface area contributed by atoms with Crippen LogP contribution in [0.1, 0.15) is 31.0 Å². The van der Waals surface area contributed by atoms with Crippen LogP contribution in [0.15, 0.2) is 24.3 Å². The molecule has 0 radical (unpaired) electrons. The number of nitrogen functional groups attached to an aromatic ring is 1. The second kappa shape index (κ2) is 6.96. The minimum absolute atomic E-state index is 0.496. The fourth-order valence-corrected chi connectivity index (χ4v) is 3.84. The summed E-state index contributed by atoms with van der Waals surface area (Å²) in [6.45, 7) is 4.65. The molecule has 0 spiro atoms. The zero-order valence-corrected chi connectivity index (χ0v) is 15.1. The molecule has 1 saturated heterocycles. The Morgan fingerprint density at radius 1 is 1.33 bits per heavy atom. The van der Waals surface area contributed by atoms with Crippen LogP contribution >= 0.6 is 23.2 Å². The first-order valence-electron chi connectivity index (χ1n) is 8.07. The lowest BCUT2D eigenvalue weighted by atomic mass is 10.0. The highest BCUT2D eigenvalue weighted by Gasteiger charge is 2.24. The summed E-state index contributed by atoms with van der Waals surface area (Å²) in [4.78, 5) is 2.29. The molecule has 1 aliphatic rings. The highest BCUT2D eigenvalue weighted by molar-refractivity contribution is 6.35. The number of hydrogen-bond acceptors (Lipinski definition) is 3. The number of hydrogen-bond donors (Lipinski definition) is 1. The summed E-state index contributed by atoms with van der Waals surface area (Å²) in [6, 6.07) is 9.42. The third kappa shape index (κ3) is 3.33. The number of piperidine rings is 1. The van der Waals surface area contributed by atoms with Gasteiger partial charge in [-0.25, -0.2) is 0 Å². The van der Waals surface area contributed by atoms with E-state index in [2.05, 4.69) is 17.9 Å². The van der Waals surface area contributed by atoms with E-state index in [-0.39, 0.29) is 0 Å². The summed E-state index contributed by atoms with van der Waals surface area (Å²) in [5.41, 5.74) is 8.35. The Bertz CT molecular complexity index is 791. The first-order chi connectivity index (χ1) is 11.5. The fourth-order valence-electron chi connectivity index (χ4n) is 3.37. The van der Waals surface area contributed by atoms with Crippen LogP contribution in [-0.4, -0.2) is 17.7 Å². The van der Waals surface area contributed by atoms with Gasteiger partial charge in [-0.3, -0.25) is 0 Å². The maximum Gasteiger partial charge on any atom is 0.133 e. The van der Waals surface area contributed by atoms with Crippen LogP contribution in [0.3, 0.4) is 0 Å². The summed E-state index contributed by atoms with van der Waals surface area (Å²) in [7, 11) is 0. The van der Waals surface area contributed by atoms with Crippen LogP contribution in [0.2, 0.25) is 10.0 Å². The van der Waals surface area contributed by atoms with Gasteiger partial charge in [0.25, 0.3) is 0 Å². The monoisotopic (exact) mass is 362 g/mol. The molecule has 1 aliphatic heterocycles. The van der Waals surface area contributed by atoms with Gasteiger partial charge in [0.15, 0.2) is 0 Å². The molecule has 1 fully saturated rings. The van der Waals surface area contributed by atoms with Crippen molar-refractivity contribution in [1.82, 2.24) is 4.57 Å². The molecule has 1 atom stereocenters. The number of rotatable bonds is 3. The molecule has 126 valence electrons. The average molecular weight is 363 g/mol. The fraction of sp³-hybridized carbons (Fsp3) is 0.389. The number of nitrogens with two attached hydrogens (primary N) is 1. The summed E-state index contributed by atoms with van der Waals surface area (Å²) in [5, 5.41) is 10.7. The maximum atomic E-state index is 9.50. The zero-order valence-electron chi connectivity index (χ0n) is 13.6. The molecule has 0 bridgehead atoms. The number of aromatic nitrogens is 1. The highest BCUT2D eigenvalue weighted by Crippen LogP contribution is 2.33. The van der Waals surface area contributed by atoms with Gasteiger partial charge < -0.3 is 15.2 Å². The molecule has 2 aromatic rings. The Labute approximate surface area is 152 Å². The molecule has 1 aromatic heterocycles. The molecule has 4 nitrogen and oxygen atoms in total. The topological polar surface area (TPSA) is 58.0 Å². The Kier molecular flexibility index (Phi) is 4.93. The van der Waals surface area contributed by atoms with E-state index in [4.69, 9.17) is 28.9 Å². The molecule has 3 rings (SSSR count). The predicted octanol–water partition coefficient (Wildman–Crippen LogP) is 4.53. The smallest absolute Gasteiger partial charge is 0.133 e. The van der Waals surface area contributed by atoms with Gasteiger partial charge in [0.1, 0.15) is 17.6 Å². The van der Waals surface area contributed by atoms with Gasteiger partial charge in [-0.1, -0.05) is 36.2 Å². The van der Waals surface area contributed by atoms with Crippen molar-refractivity contribution in [3.05, 3.63) is 45.6 Å². The first kappa shape index (κ1) is 17.0. The van der Waals surface area contributed by atoms with Crippen LogP contribution in [0.25, 0.3) is 0 Å². The third-order valence-electron chi connectivity index (χ3n) is 4.51. The van der Waals surface area contributed by atoms with Crippen LogP contribution in [0.4, 0.5) is 11.5 Å². The van der Waals surface area contributed by atoms with Gasteiger partial charge in [0.2, 0.25) is 0 Å². The van der Waals surface area contributed by atoms with E-state index in [1.165, 1.54) is 6.42 Å². The van der Waals surface area contributed by atoms with Crippen molar-refractivity contribution >= 4 is 34.7 Å². The summed E-state index contributed by atoms with van der Waals surface area (Å²) in [6.07, 6.45) is 2.36. The van der Waals surface area contributed by atoms with Crippen LogP contribution in [0.5, 0.6) is 0 Å². The number of nitriles is 1. The summed E-state index contributed by atoms with van der Waals surface area (Å²) in [5.74, 6) is 1.54. The Morgan fingerprint density at radius 2 is 2.12 bits per heavy atom. The minimum Gasteiger partial charge on any atom is -0.396 e. The number of benzene rings is 1. The maximum absolute atomic E-state index is 9.50. The Morgan fingerprint density at radius 3 is 2.79 bits per heavy atom. The first-order valence-corrected chi connectivity index (χ1v) is 8.83. The quantitative estimate of drug-likeness (QED) is 0.871. The molecular formula is C18H20Cl2N4. The molecule has 6 heteroatoms. The number of anilines is 2. The zero-order chi connectivity index (χ0) is 17.3. The van der Waals surface area contributed by atoms with Gasteiger partial charge in [-0.2, -0.15) is 5.26 Å². The molecule has 2 heterocycles. The minimum atomic E-state index is 0.496. The van der Waals surface area contributed by atoms with Crippen LogP contribution in [0, 0.1) is 17.2 Å². The lowest BCUT2D eigenvalue weighted by Crippen LogP contribution is -2.36. The Balaban J connectivity index is 2.01. The molecule has 2 N–H and O–H groups in total. The summed E-state index contributed by atoms with van der Waals surface area (Å²) < 4.78 is 1.96. The van der Waals surface area contributed by atoms with E-state index in [9.17, 15) is 5.26 Å². The van der Waals surface area contributed by atoms with Gasteiger partial charge in [-0.15, -0.1) is 0 Å². The second-order valence-corrected chi connectivity index (χ2v) is 7.28. The molecule has 0 amide bonds. The van der Waals surface area contributed by atoms with E-state index < -0.39 is 0 Å². The molecule has 0 unspecified atom stereocenters. The van der Waals surface area contributed by atoms with Gasteiger partial charge in [0.05, 0.1) is 12.2 Å². The largest absolute Gasteiger partial charge is 0.396 e. The normalized spacial score (nSPS) is 17.8. The highest BCUT2D eigenvalue weighted by atomic mass is 35.5. The second-order valence-electron chi connectivity index (χ2n) is 6.44. The van der Waals surface area contributed by atoms with Gasteiger partial charge in [0, 0.05) is 23.1 Å². The number of nitrogens with zero attached hydrogens (tertiary/aromatic N) is 3. The van der Waals surface area contributed by atoms with Crippen LogP contribution in [-0.2, 0) is 6.54 Å². The molecular weight excluding hydrogens is 343 g/mol. The van der Waals surface area contributed by atoms with Crippen molar-refractivity contribution in [1.29, 1.82) is 5.26 Å². The third-order valence-corrected chi connectivity index (χ3v) is 5.10. The molecule has 24 heavy (non-hydrogen) atoms. The van der Waals surface area contributed by atoms with E-state index in [0.29, 0.717) is 33.9 Å². The summed E-state index contributed by atoms with van der Waals surface area (Å²) >= 11 is 12.3. The van der Waals surface area contributed by atoms with E-state index in [1.54, 1.807) is 12.1 Å². The van der Waals surface area contributed by atoms with E-state index in [1.807, 2.05) is 16.7 Å². The van der Waals surface area contributed by atoms with Gasteiger partial charge in [-0.05, 0) is 42.5 Å². The standard InChI is InChI=1S/C18H20Cl2N4/c1-12-3-2-6-23(10-12)18-17(22)8-15(9-21)24(18)11-13-4-5-14(19)7-16(13)20/h4-5,7-8,12H,2-3,6,10-11,22H2,1H3/t12-/m1/s1. The Hall–Kier alpha value is -1.83. The van der Waals surface area contributed by atoms with E-state index in [0.717, 1.165) is 30.9 Å². The van der Waals surface area contributed by atoms with Gasteiger partial charge >= 0.3 is 0 Å². The predicted molar refractivity (Wildman–Crippen MR) is 99.7 cm³/mol. The van der Waals surface area contributed by atoms with Crippen molar-refractivity contribution in [2.75, 3.05) is 23.7 Å². The molecule has 1 aromatic carbocycles. The van der Waals surface area contributed by atoms with E-state index >= 15 is 0 Å². The lowest BCUT2D eigenvalue weighted by molar-refractivity contribution is 0.441. The van der Waals surface area contributed by atoms with Crippen molar-refractivity contribution in [3.8, 4) is 6.07 Å². The molecule has 0 saturated carbocycles. The molecule has 0 aliphatic carbocycles. The lowest BCUT2D eigenvalue weighted by Gasteiger charge is -2.34.